The molecule has 0 radical (unpaired) electrons. The van der Waals surface area contributed by atoms with E-state index in [-0.39, 0.29) is 12.1 Å². The van der Waals surface area contributed by atoms with Crippen molar-refractivity contribution in [1.82, 2.24) is 4.90 Å². The molecule has 0 heterocycles. The van der Waals surface area contributed by atoms with Crippen molar-refractivity contribution in [2.75, 3.05) is 14.2 Å². The summed E-state index contributed by atoms with van der Waals surface area (Å²) < 4.78 is 17.3. The molecule has 0 atom stereocenters. The van der Waals surface area contributed by atoms with Gasteiger partial charge in [-0.2, -0.15) is 0 Å². The highest BCUT2D eigenvalue weighted by molar-refractivity contribution is 9.10. The molecule has 5 nitrogen and oxygen atoms in total. The van der Waals surface area contributed by atoms with Crippen molar-refractivity contribution in [1.29, 1.82) is 0 Å². The van der Waals surface area contributed by atoms with Gasteiger partial charge in [0.05, 0.1) is 26.3 Å². The van der Waals surface area contributed by atoms with E-state index in [0.717, 1.165) is 22.9 Å². The first-order chi connectivity index (χ1) is 10.7. The van der Waals surface area contributed by atoms with E-state index in [4.69, 9.17) is 14.2 Å². The number of halogens is 1. The third-order valence-electron chi connectivity index (χ3n) is 3.52. The molecule has 1 aromatic carbocycles. The Bertz CT molecular complexity index is 553. The van der Waals surface area contributed by atoms with E-state index < -0.39 is 5.60 Å². The van der Waals surface area contributed by atoms with Crippen LogP contribution in [0.25, 0.3) is 0 Å². The topological polar surface area (TPSA) is 48.0 Å². The van der Waals surface area contributed by atoms with Crippen LogP contribution >= 0.6 is 15.9 Å². The summed E-state index contributed by atoms with van der Waals surface area (Å²) in [6, 6.07) is 3.97. The summed E-state index contributed by atoms with van der Waals surface area (Å²) in [5.41, 5.74) is 0.328. The highest BCUT2D eigenvalue weighted by Crippen LogP contribution is 2.37. The maximum atomic E-state index is 12.5. The monoisotopic (exact) mass is 385 g/mol. The fourth-order valence-corrected chi connectivity index (χ4v) is 2.74. The molecule has 128 valence electrons. The predicted octanol–water partition coefficient (Wildman–Crippen LogP) is 4.37. The van der Waals surface area contributed by atoms with Crippen LogP contribution in [0.3, 0.4) is 0 Å². The summed E-state index contributed by atoms with van der Waals surface area (Å²) in [6.45, 7) is 6.02. The van der Waals surface area contributed by atoms with Crippen molar-refractivity contribution in [2.45, 2.75) is 51.8 Å². The first-order valence-corrected chi connectivity index (χ1v) is 8.44. The van der Waals surface area contributed by atoms with Crippen LogP contribution in [0.5, 0.6) is 11.5 Å². The Kier molecular flexibility index (Phi) is 5.45. The molecule has 0 spiro atoms. The van der Waals surface area contributed by atoms with E-state index in [1.54, 1.807) is 19.1 Å². The number of hydrogen-bond donors (Lipinski definition) is 0. The lowest BCUT2D eigenvalue weighted by Crippen LogP contribution is -2.38. The van der Waals surface area contributed by atoms with Crippen LogP contribution in [-0.2, 0) is 11.3 Å². The molecule has 1 amide bonds. The molecule has 0 aromatic heterocycles. The molecule has 1 saturated carbocycles. The van der Waals surface area contributed by atoms with Gasteiger partial charge in [0.25, 0.3) is 0 Å². The fourth-order valence-electron chi connectivity index (χ4n) is 2.33. The second-order valence-electron chi connectivity index (χ2n) is 6.63. The Balaban J connectivity index is 2.28. The minimum atomic E-state index is -0.516. The van der Waals surface area contributed by atoms with Gasteiger partial charge in [0.1, 0.15) is 17.1 Å². The van der Waals surface area contributed by atoms with E-state index in [9.17, 15) is 4.79 Å². The van der Waals surface area contributed by atoms with Gasteiger partial charge in [-0.3, -0.25) is 0 Å². The second-order valence-corrected chi connectivity index (χ2v) is 7.54. The lowest BCUT2D eigenvalue weighted by molar-refractivity contribution is 0.0214. The van der Waals surface area contributed by atoms with Crippen LogP contribution in [0.2, 0.25) is 0 Å². The highest BCUT2D eigenvalue weighted by atomic mass is 79.9. The Labute approximate surface area is 146 Å². The fraction of sp³-hybridized carbons (Fsp3) is 0.588. The maximum absolute atomic E-state index is 12.5. The number of carbonyl (C=O) groups excluding carboxylic acids is 1. The van der Waals surface area contributed by atoms with Crippen molar-refractivity contribution < 1.29 is 19.0 Å². The first-order valence-electron chi connectivity index (χ1n) is 7.65. The van der Waals surface area contributed by atoms with Gasteiger partial charge in [-0.1, -0.05) is 15.9 Å². The summed E-state index contributed by atoms with van der Waals surface area (Å²) in [7, 11) is 3.22. The average Bonchev–Trinajstić information content (AvgIpc) is 3.27. The van der Waals surface area contributed by atoms with Gasteiger partial charge < -0.3 is 19.1 Å². The highest BCUT2D eigenvalue weighted by Gasteiger charge is 2.36. The lowest BCUT2D eigenvalue weighted by atomic mass is 10.1. The van der Waals surface area contributed by atoms with Gasteiger partial charge >= 0.3 is 6.09 Å². The molecule has 2 rings (SSSR count). The molecule has 1 aliphatic carbocycles. The molecule has 0 bridgehead atoms. The molecule has 0 N–H and O–H groups in total. The predicted molar refractivity (Wildman–Crippen MR) is 92.0 cm³/mol. The van der Waals surface area contributed by atoms with Crippen LogP contribution in [0, 0.1) is 0 Å². The Morgan fingerprint density at radius 1 is 1.22 bits per heavy atom. The molecule has 23 heavy (non-hydrogen) atoms. The zero-order chi connectivity index (χ0) is 17.2. The zero-order valence-corrected chi connectivity index (χ0v) is 15.9. The van der Waals surface area contributed by atoms with Crippen LogP contribution in [0.1, 0.15) is 39.2 Å². The number of hydrogen-bond acceptors (Lipinski definition) is 4. The van der Waals surface area contributed by atoms with Gasteiger partial charge in [0, 0.05) is 10.5 Å². The third kappa shape index (κ3) is 4.77. The number of amides is 1. The second kappa shape index (κ2) is 6.99. The van der Waals surface area contributed by atoms with Gasteiger partial charge in [-0.15, -0.1) is 0 Å². The molecular formula is C17H24BrNO4. The summed E-state index contributed by atoms with van der Waals surface area (Å²) in [4.78, 5) is 14.3. The quantitative estimate of drug-likeness (QED) is 0.754. The Morgan fingerprint density at radius 2 is 1.74 bits per heavy atom. The number of carbonyl (C=O) groups is 1. The average molecular weight is 386 g/mol. The molecular weight excluding hydrogens is 362 g/mol. The van der Waals surface area contributed by atoms with Gasteiger partial charge in [0.2, 0.25) is 0 Å². The van der Waals surface area contributed by atoms with Crippen LogP contribution in [0.4, 0.5) is 4.79 Å². The van der Waals surface area contributed by atoms with Gasteiger partial charge in [-0.05, 0) is 45.7 Å². The first kappa shape index (κ1) is 17.9. The number of rotatable bonds is 5. The van der Waals surface area contributed by atoms with Crippen molar-refractivity contribution in [2.24, 2.45) is 0 Å². The number of nitrogens with zero attached hydrogens (tertiary/aromatic N) is 1. The number of methoxy groups -OCH3 is 2. The van der Waals surface area contributed by atoms with Crippen molar-refractivity contribution in [3.05, 3.63) is 22.2 Å². The largest absolute Gasteiger partial charge is 0.496 e. The lowest BCUT2D eigenvalue weighted by Gasteiger charge is -2.28. The van der Waals surface area contributed by atoms with Crippen LogP contribution in [0.15, 0.2) is 16.6 Å². The summed E-state index contributed by atoms with van der Waals surface area (Å²) >= 11 is 3.44. The minimum absolute atomic E-state index is 0.225. The molecule has 1 aromatic rings. The van der Waals surface area contributed by atoms with E-state index in [1.165, 1.54) is 0 Å². The molecule has 0 unspecified atom stereocenters. The van der Waals surface area contributed by atoms with Crippen LogP contribution < -0.4 is 9.47 Å². The summed E-state index contributed by atoms with van der Waals surface area (Å²) in [5, 5.41) is 0. The van der Waals surface area contributed by atoms with Gasteiger partial charge in [0.15, 0.2) is 0 Å². The molecule has 0 saturated heterocycles. The van der Waals surface area contributed by atoms with Gasteiger partial charge in [-0.25, -0.2) is 4.79 Å². The van der Waals surface area contributed by atoms with Crippen molar-refractivity contribution >= 4 is 22.0 Å². The maximum Gasteiger partial charge on any atom is 0.410 e. The van der Waals surface area contributed by atoms with E-state index in [1.807, 2.05) is 32.9 Å². The molecule has 0 aliphatic heterocycles. The molecule has 1 aliphatic rings. The smallest absolute Gasteiger partial charge is 0.410 e. The molecule has 6 heteroatoms. The number of benzene rings is 1. The SMILES string of the molecule is COc1cc(Br)cc(OC)c1CN(C(=O)OC(C)(C)C)C1CC1. The van der Waals surface area contributed by atoms with Crippen molar-refractivity contribution in [3.63, 3.8) is 0 Å². The molecule has 1 fully saturated rings. The third-order valence-corrected chi connectivity index (χ3v) is 3.97. The Hall–Kier alpha value is -1.43. The van der Waals surface area contributed by atoms with Crippen molar-refractivity contribution in [3.8, 4) is 11.5 Å². The van der Waals surface area contributed by atoms with E-state index in [0.29, 0.717) is 18.0 Å². The summed E-state index contributed by atoms with van der Waals surface area (Å²) in [5.74, 6) is 1.37. The van der Waals surface area contributed by atoms with E-state index >= 15 is 0 Å². The normalized spacial score (nSPS) is 14.3. The Morgan fingerprint density at radius 3 is 2.13 bits per heavy atom. The minimum Gasteiger partial charge on any atom is -0.496 e. The summed E-state index contributed by atoms with van der Waals surface area (Å²) in [6.07, 6.45) is 1.70. The van der Waals surface area contributed by atoms with Crippen LogP contribution in [-0.4, -0.2) is 36.9 Å². The standard InChI is InChI=1S/C17H24BrNO4/c1-17(2,3)23-16(20)19(12-6-7-12)10-13-14(21-4)8-11(18)9-15(13)22-5/h8-9,12H,6-7,10H2,1-5H3. The zero-order valence-electron chi connectivity index (χ0n) is 14.3. The number of ether oxygens (including phenoxy) is 3. The van der Waals surface area contributed by atoms with E-state index in [2.05, 4.69) is 15.9 Å².